The monoisotopic (exact) mass is 360 g/mol. The zero-order valence-corrected chi connectivity index (χ0v) is 15.2. The normalized spacial score (nSPS) is 12.9. The van der Waals surface area contributed by atoms with E-state index in [2.05, 4.69) is 10.9 Å². The minimum absolute atomic E-state index is 0.228. The summed E-state index contributed by atoms with van der Waals surface area (Å²) < 4.78 is 0. The third-order valence-electron chi connectivity index (χ3n) is 3.16. The first-order valence-electron chi connectivity index (χ1n) is 7.59. The minimum atomic E-state index is -0.301. The summed E-state index contributed by atoms with van der Waals surface area (Å²) >= 11 is 2.89. The summed E-state index contributed by atoms with van der Waals surface area (Å²) in [4.78, 5) is 26.2. The average Bonchev–Trinajstić information content (AvgIpc) is 2.61. The zero-order valence-electron chi connectivity index (χ0n) is 13.6. The van der Waals surface area contributed by atoms with E-state index in [1.54, 1.807) is 13.8 Å². The average molecular weight is 361 g/mol. The van der Waals surface area contributed by atoms with E-state index in [-0.39, 0.29) is 22.3 Å². The quantitative estimate of drug-likeness (QED) is 0.611. The van der Waals surface area contributed by atoms with Crippen molar-refractivity contribution in [1.82, 2.24) is 10.9 Å². The Hall–Kier alpha value is -1.92. The molecule has 2 N–H and O–H groups in total. The van der Waals surface area contributed by atoms with E-state index < -0.39 is 0 Å². The van der Waals surface area contributed by atoms with E-state index in [0.717, 1.165) is 9.79 Å². The number of hydrogen-bond donors (Lipinski definition) is 2. The van der Waals surface area contributed by atoms with Crippen LogP contribution in [0.25, 0.3) is 0 Å². The summed E-state index contributed by atoms with van der Waals surface area (Å²) in [5.74, 6) is -0.455. The van der Waals surface area contributed by atoms with E-state index in [9.17, 15) is 9.59 Å². The first-order chi connectivity index (χ1) is 11.6. The molecule has 6 heteroatoms. The Labute approximate surface area is 150 Å². The van der Waals surface area contributed by atoms with Gasteiger partial charge in [0.1, 0.15) is 0 Å². The van der Waals surface area contributed by atoms with Crippen molar-refractivity contribution in [3.63, 3.8) is 0 Å². The van der Waals surface area contributed by atoms with Crippen LogP contribution in [-0.2, 0) is 9.59 Å². The number of carbonyl (C=O) groups excluding carboxylic acids is 2. The van der Waals surface area contributed by atoms with Gasteiger partial charge in [0.25, 0.3) is 11.8 Å². The molecule has 0 aromatic heterocycles. The maximum atomic E-state index is 12.1. The van der Waals surface area contributed by atoms with Crippen LogP contribution in [0, 0.1) is 0 Å². The second kappa shape index (κ2) is 9.39. The van der Waals surface area contributed by atoms with Crippen LogP contribution in [0.3, 0.4) is 0 Å². The molecule has 0 spiro atoms. The molecule has 126 valence electrons. The summed E-state index contributed by atoms with van der Waals surface area (Å²) in [6.07, 6.45) is 0. The third kappa shape index (κ3) is 5.94. The van der Waals surface area contributed by atoms with Gasteiger partial charge in [-0.3, -0.25) is 20.4 Å². The number of thioether (sulfide) groups is 2. The van der Waals surface area contributed by atoms with Crippen LogP contribution in [0.5, 0.6) is 0 Å². The Morgan fingerprint density at radius 1 is 0.708 bits per heavy atom. The molecular formula is C18H20N2O2S2. The highest BCUT2D eigenvalue weighted by Gasteiger charge is 2.18. The number of hydrazine groups is 1. The number of rotatable bonds is 6. The second-order valence-electron chi connectivity index (χ2n) is 5.12. The molecule has 0 bridgehead atoms. The van der Waals surface area contributed by atoms with Gasteiger partial charge in [-0.15, -0.1) is 23.5 Å². The highest BCUT2D eigenvalue weighted by molar-refractivity contribution is 8.00. The molecule has 0 heterocycles. The lowest BCUT2D eigenvalue weighted by Crippen LogP contribution is -2.47. The predicted molar refractivity (Wildman–Crippen MR) is 99.8 cm³/mol. The molecule has 0 radical (unpaired) electrons. The molecule has 0 aliphatic rings. The standard InChI is InChI=1S/C18H20N2O2S2/c1-13(23-15-9-5-3-6-10-15)17(21)19-20-18(22)14(2)24-16-11-7-4-8-12-16/h3-14H,1-2H3,(H,19,21)(H,20,22)/t13-,14-/m0/s1. The maximum Gasteiger partial charge on any atom is 0.251 e. The molecule has 0 saturated heterocycles. The number of hydrogen-bond acceptors (Lipinski definition) is 4. The summed E-state index contributed by atoms with van der Waals surface area (Å²) in [6.45, 7) is 3.61. The van der Waals surface area contributed by atoms with E-state index in [0.29, 0.717) is 0 Å². The summed E-state index contributed by atoms with van der Waals surface area (Å²) in [6, 6.07) is 19.4. The number of amides is 2. The molecule has 2 aromatic carbocycles. The maximum absolute atomic E-state index is 12.1. The molecular weight excluding hydrogens is 340 g/mol. The van der Waals surface area contributed by atoms with Gasteiger partial charge in [-0.05, 0) is 38.1 Å². The fraction of sp³-hybridized carbons (Fsp3) is 0.222. The van der Waals surface area contributed by atoms with Crippen LogP contribution < -0.4 is 10.9 Å². The molecule has 24 heavy (non-hydrogen) atoms. The van der Waals surface area contributed by atoms with Crippen molar-refractivity contribution < 1.29 is 9.59 Å². The van der Waals surface area contributed by atoms with Gasteiger partial charge in [0, 0.05) is 9.79 Å². The Morgan fingerprint density at radius 3 is 1.38 bits per heavy atom. The predicted octanol–water partition coefficient (Wildman–Crippen LogP) is 3.50. The topological polar surface area (TPSA) is 58.2 Å². The first-order valence-corrected chi connectivity index (χ1v) is 9.35. The lowest BCUT2D eigenvalue weighted by Gasteiger charge is -2.15. The SMILES string of the molecule is C[C@H](Sc1ccccc1)C(=O)NNC(=O)[C@H](C)Sc1ccccc1. The molecule has 2 amide bonds. The van der Waals surface area contributed by atoms with Gasteiger partial charge < -0.3 is 0 Å². The molecule has 2 aromatic rings. The molecule has 4 nitrogen and oxygen atoms in total. The molecule has 0 aliphatic heterocycles. The summed E-state index contributed by atoms with van der Waals surface area (Å²) in [7, 11) is 0. The molecule has 2 rings (SSSR count). The van der Waals surface area contributed by atoms with E-state index in [1.807, 2.05) is 60.7 Å². The van der Waals surface area contributed by atoms with Crippen LogP contribution in [0.4, 0.5) is 0 Å². The highest BCUT2D eigenvalue weighted by Crippen LogP contribution is 2.23. The first kappa shape index (κ1) is 18.4. The molecule has 2 atom stereocenters. The molecule has 0 aliphatic carbocycles. The van der Waals surface area contributed by atoms with Crippen LogP contribution in [0.1, 0.15) is 13.8 Å². The molecule has 0 fully saturated rings. The van der Waals surface area contributed by atoms with Gasteiger partial charge >= 0.3 is 0 Å². The number of carbonyl (C=O) groups is 2. The second-order valence-corrected chi connectivity index (χ2v) is 7.95. The number of nitrogens with one attached hydrogen (secondary N) is 2. The van der Waals surface area contributed by atoms with E-state index in [4.69, 9.17) is 0 Å². The van der Waals surface area contributed by atoms with Gasteiger partial charge in [0.15, 0.2) is 0 Å². The third-order valence-corrected chi connectivity index (χ3v) is 5.38. The fourth-order valence-corrected chi connectivity index (χ4v) is 3.62. The van der Waals surface area contributed by atoms with Crippen LogP contribution in [-0.4, -0.2) is 22.3 Å². The lowest BCUT2D eigenvalue weighted by molar-refractivity contribution is -0.128. The van der Waals surface area contributed by atoms with E-state index >= 15 is 0 Å². The Kier molecular flexibility index (Phi) is 7.21. The number of benzene rings is 2. The van der Waals surface area contributed by atoms with Gasteiger partial charge in [-0.2, -0.15) is 0 Å². The van der Waals surface area contributed by atoms with Crippen LogP contribution in [0.15, 0.2) is 70.5 Å². The smallest absolute Gasteiger partial charge is 0.251 e. The van der Waals surface area contributed by atoms with Gasteiger partial charge in [0.2, 0.25) is 0 Å². The van der Waals surface area contributed by atoms with Crippen molar-refractivity contribution in [1.29, 1.82) is 0 Å². The van der Waals surface area contributed by atoms with Crippen molar-refractivity contribution in [3.8, 4) is 0 Å². The van der Waals surface area contributed by atoms with Crippen molar-refractivity contribution in [2.45, 2.75) is 34.1 Å². The van der Waals surface area contributed by atoms with Gasteiger partial charge in [-0.1, -0.05) is 36.4 Å². The fourth-order valence-electron chi connectivity index (χ4n) is 1.84. The van der Waals surface area contributed by atoms with Crippen LogP contribution >= 0.6 is 23.5 Å². The van der Waals surface area contributed by atoms with Crippen LogP contribution in [0.2, 0.25) is 0 Å². The Bertz CT molecular complexity index is 606. The van der Waals surface area contributed by atoms with Crippen molar-refractivity contribution in [3.05, 3.63) is 60.7 Å². The largest absolute Gasteiger partial charge is 0.272 e. The summed E-state index contributed by atoms with van der Waals surface area (Å²) in [5, 5.41) is -0.602. The molecule has 0 saturated carbocycles. The van der Waals surface area contributed by atoms with Crippen molar-refractivity contribution in [2.24, 2.45) is 0 Å². The molecule has 0 unspecified atom stereocenters. The van der Waals surface area contributed by atoms with E-state index in [1.165, 1.54) is 23.5 Å². The minimum Gasteiger partial charge on any atom is -0.272 e. The van der Waals surface area contributed by atoms with Crippen molar-refractivity contribution >= 4 is 35.3 Å². The van der Waals surface area contributed by atoms with Crippen molar-refractivity contribution in [2.75, 3.05) is 0 Å². The lowest BCUT2D eigenvalue weighted by atomic mass is 10.4. The van der Waals surface area contributed by atoms with Gasteiger partial charge in [0.05, 0.1) is 10.5 Å². The van der Waals surface area contributed by atoms with Gasteiger partial charge in [-0.25, -0.2) is 0 Å². The zero-order chi connectivity index (χ0) is 17.4. The summed E-state index contributed by atoms with van der Waals surface area (Å²) in [5.41, 5.74) is 4.99. The highest BCUT2D eigenvalue weighted by atomic mass is 32.2. The Morgan fingerprint density at radius 2 is 1.04 bits per heavy atom. The Balaban J connectivity index is 1.77.